The fraction of sp³-hybridized carbons (Fsp3) is 0.455. The molecule has 2 rings (SSSR count). The standard InChI is InChI=1S/C11H14N2O2/c14-13(15)11-3-1-2-9(7-11)6-10-4-5-12-8-10/h1-3,7,10,12H,4-6,8H2/t10-/m1/s1. The number of hydrogen-bond acceptors (Lipinski definition) is 3. The normalized spacial score (nSPS) is 20.4. The van der Waals surface area contributed by atoms with E-state index in [1.165, 1.54) is 12.5 Å². The van der Waals surface area contributed by atoms with Crippen LogP contribution in [0.2, 0.25) is 0 Å². The van der Waals surface area contributed by atoms with Crippen molar-refractivity contribution >= 4 is 5.69 Å². The fourth-order valence-corrected chi connectivity index (χ4v) is 2.02. The zero-order chi connectivity index (χ0) is 10.7. The molecule has 0 amide bonds. The lowest BCUT2D eigenvalue weighted by Gasteiger charge is -2.07. The quantitative estimate of drug-likeness (QED) is 0.605. The first kappa shape index (κ1) is 10.1. The number of rotatable bonds is 3. The Labute approximate surface area is 88.5 Å². The molecule has 0 saturated carbocycles. The van der Waals surface area contributed by atoms with E-state index >= 15 is 0 Å². The van der Waals surface area contributed by atoms with Gasteiger partial charge in [0.1, 0.15) is 0 Å². The van der Waals surface area contributed by atoms with Crippen molar-refractivity contribution in [3.05, 3.63) is 39.9 Å². The van der Waals surface area contributed by atoms with Gasteiger partial charge in [-0.25, -0.2) is 0 Å². The Hall–Kier alpha value is -1.42. The Morgan fingerprint density at radius 1 is 1.53 bits per heavy atom. The fourth-order valence-electron chi connectivity index (χ4n) is 2.02. The van der Waals surface area contributed by atoms with Crippen LogP contribution in [0.1, 0.15) is 12.0 Å². The van der Waals surface area contributed by atoms with E-state index in [1.807, 2.05) is 6.07 Å². The minimum absolute atomic E-state index is 0.193. The molecule has 1 aliphatic rings. The van der Waals surface area contributed by atoms with Crippen molar-refractivity contribution in [2.75, 3.05) is 13.1 Å². The molecule has 1 heterocycles. The average molecular weight is 206 g/mol. The van der Waals surface area contributed by atoms with E-state index in [0.717, 1.165) is 25.1 Å². The van der Waals surface area contributed by atoms with Crippen molar-refractivity contribution in [3.8, 4) is 0 Å². The van der Waals surface area contributed by atoms with E-state index in [9.17, 15) is 10.1 Å². The molecule has 1 aromatic carbocycles. The second-order valence-electron chi connectivity index (χ2n) is 3.99. The maximum Gasteiger partial charge on any atom is 0.269 e. The number of nitrogens with one attached hydrogen (secondary N) is 1. The van der Waals surface area contributed by atoms with Crippen molar-refractivity contribution in [1.82, 2.24) is 5.32 Å². The van der Waals surface area contributed by atoms with Crippen molar-refractivity contribution in [1.29, 1.82) is 0 Å². The van der Waals surface area contributed by atoms with Crippen molar-refractivity contribution < 1.29 is 4.92 Å². The zero-order valence-electron chi connectivity index (χ0n) is 8.48. The molecular formula is C11H14N2O2. The first-order valence-corrected chi connectivity index (χ1v) is 5.20. The number of benzene rings is 1. The SMILES string of the molecule is O=[N+]([O-])c1cccc(C[C@H]2CCNC2)c1. The van der Waals surface area contributed by atoms with Crippen LogP contribution in [0.3, 0.4) is 0 Å². The Kier molecular flexibility index (Phi) is 2.97. The van der Waals surface area contributed by atoms with Crippen LogP contribution in [0, 0.1) is 16.0 Å². The molecule has 0 bridgehead atoms. The molecule has 1 aliphatic heterocycles. The molecular weight excluding hydrogens is 192 g/mol. The summed E-state index contributed by atoms with van der Waals surface area (Å²) in [6.45, 7) is 2.10. The Balaban J connectivity index is 2.07. The third kappa shape index (κ3) is 2.53. The van der Waals surface area contributed by atoms with Gasteiger partial charge in [-0.3, -0.25) is 10.1 Å². The molecule has 1 fully saturated rings. The predicted molar refractivity (Wildman–Crippen MR) is 57.8 cm³/mol. The highest BCUT2D eigenvalue weighted by Gasteiger charge is 2.15. The van der Waals surface area contributed by atoms with Crippen LogP contribution in [-0.4, -0.2) is 18.0 Å². The second-order valence-corrected chi connectivity index (χ2v) is 3.99. The minimum Gasteiger partial charge on any atom is -0.316 e. The van der Waals surface area contributed by atoms with Gasteiger partial charge in [0.2, 0.25) is 0 Å². The number of nitro benzene ring substituents is 1. The van der Waals surface area contributed by atoms with Gasteiger partial charge in [0, 0.05) is 12.1 Å². The summed E-state index contributed by atoms with van der Waals surface area (Å²) in [6, 6.07) is 6.94. The third-order valence-corrected chi connectivity index (χ3v) is 2.81. The van der Waals surface area contributed by atoms with Gasteiger partial charge < -0.3 is 5.32 Å². The maximum absolute atomic E-state index is 10.6. The van der Waals surface area contributed by atoms with Crippen LogP contribution in [0.5, 0.6) is 0 Å². The minimum atomic E-state index is -0.337. The Morgan fingerprint density at radius 3 is 3.07 bits per heavy atom. The topological polar surface area (TPSA) is 55.2 Å². The van der Waals surface area contributed by atoms with Crippen LogP contribution in [0.15, 0.2) is 24.3 Å². The van der Waals surface area contributed by atoms with Gasteiger partial charge in [0.05, 0.1) is 4.92 Å². The average Bonchev–Trinajstić information content (AvgIpc) is 2.71. The first-order valence-electron chi connectivity index (χ1n) is 5.20. The molecule has 1 saturated heterocycles. The van der Waals surface area contributed by atoms with E-state index in [2.05, 4.69) is 5.32 Å². The predicted octanol–water partition coefficient (Wildman–Crippen LogP) is 1.75. The van der Waals surface area contributed by atoms with Gasteiger partial charge in [-0.1, -0.05) is 12.1 Å². The van der Waals surface area contributed by atoms with Crippen molar-refractivity contribution in [2.24, 2.45) is 5.92 Å². The zero-order valence-corrected chi connectivity index (χ0v) is 8.48. The molecule has 1 aromatic rings. The van der Waals surface area contributed by atoms with Crippen molar-refractivity contribution in [3.63, 3.8) is 0 Å². The highest BCUT2D eigenvalue weighted by molar-refractivity contribution is 5.34. The highest BCUT2D eigenvalue weighted by Crippen LogP contribution is 2.19. The molecule has 0 aliphatic carbocycles. The Morgan fingerprint density at radius 2 is 2.40 bits per heavy atom. The van der Waals surface area contributed by atoms with Gasteiger partial charge in [0.25, 0.3) is 5.69 Å². The summed E-state index contributed by atoms with van der Waals surface area (Å²) in [4.78, 5) is 10.2. The van der Waals surface area contributed by atoms with E-state index in [0.29, 0.717) is 5.92 Å². The maximum atomic E-state index is 10.6. The summed E-state index contributed by atoms with van der Waals surface area (Å²) in [7, 11) is 0. The van der Waals surface area contributed by atoms with Gasteiger partial charge in [-0.2, -0.15) is 0 Å². The number of non-ortho nitro benzene ring substituents is 1. The van der Waals surface area contributed by atoms with E-state index in [4.69, 9.17) is 0 Å². The largest absolute Gasteiger partial charge is 0.316 e. The summed E-state index contributed by atoms with van der Waals surface area (Å²) in [5.74, 6) is 0.631. The lowest BCUT2D eigenvalue weighted by molar-refractivity contribution is -0.384. The van der Waals surface area contributed by atoms with Crippen LogP contribution in [-0.2, 0) is 6.42 Å². The third-order valence-electron chi connectivity index (χ3n) is 2.81. The highest BCUT2D eigenvalue weighted by atomic mass is 16.6. The first-order chi connectivity index (χ1) is 7.25. The number of nitrogens with zero attached hydrogens (tertiary/aromatic N) is 1. The monoisotopic (exact) mass is 206 g/mol. The van der Waals surface area contributed by atoms with Crippen LogP contribution in [0.4, 0.5) is 5.69 Å². The molecule has 15 heavy (non-hydrogen) atoms. The van der Waals surface area contributed by atoms with E-state index < -0.39 is 0 Å². The summed E-state index contributed by atoms with van der Waals surface area (Å²) in [5, 5.41) is 13.9. The van der Waals surface area contributed by atoms with Crippen molar-refractivity contribution in [2.45, 2.75) is 12.8 Å². The lowest BCUT2D eigenvalue weighted by Crippen LogP contribution is -2.10. The molecule has 0 spiro atoms. The van der Waals surface area contributed by atoms with Crippen LogP contribution < -0.4 is 5.32 Å². The van der Waals surface area contributed by atoms with Gasteiger partial charge >= 0.3 is 0 Å². The summed E-state index contributed by atoms with van der Waals surface area (Å²) < 4.78 is 0. The number of nitro groups is 1. The van der Waals surface area contributed by atoms with Crippen LogP contribution in [0.25, 0.3) is 0 Å². The van der Waals surface area contributed by atoms with E-state index in [1.54, 1.807) is 12.1 Å². The lowest BCUT2D eigenvalue weighted by atomic mass is 9.98. The molecule has 1 atom stereocenters. The summed E-state index contributed by atoms with van der Waals surface area (Å²) in [6.07, 6.45) is 2.11. The summed E-state index contributed by atoms with van der Waals surface area (Å²) in [5.41, 5.74) is 1.26. The molecule has 0 radical (unpaired) electrons. The van der Waals surface area contributed by atoms with Gasteiger partial charge in [0.15, 0.2) is 0 Å². The molecule has 80 valence electrons. The number of hydrogen-bond donors (Lipinski definition) is 1. The Bertz CT molecular complexity index is 359. The second kappa shape index (κ2) is 4.40. The van der Waals surface area contributed by atoms with E-state index in [-0.39, 0.29) is 10.6 Å². The molecule has 0 aromatic heterocycles. The molecule has 0 unspecified atom stereocenters. The molecule has 4 nitrogen and oxygen atoms in total. The smallest absolute Gasteiger partial charge is 0.269 e. The summed E-state index contributed by atoms with van der Waals surface area (Å²) >= 11 is 0. The van der Waals surface area contributed by atoms with Gasteiger partial charge in [-0.15, -0.1) is 0 Å². The van der Waals surface area contributed by atoms with Gasteiger partial charge in [-0.05, 0) is 37.4 Å². The molecule has 1 N–H and O–H groups in total. The van der Waals surface area contributed by atoms with Crippen LogP contribution >= 0.6 is 0 Å². The molecule has 4 heteroatoms.